The molecule has 0 aliphatic carbocycles. The average Bonchev–Trinajstić information content (AvgIpc) is 2.81. The molecule has 0 fully saturated rings. The fourth-order valence-electron chi connectivity index (χ4n) is 1.57. The zero-order valence-electron chi connectivity index (χ0n) is 10.4. The minimum Gasteiger partial charge on any atom is -0.376 e. The number of halogens is 1. The lowest BCUT2D eigenvalue weighted by Crippen LogP contribution is -2.17. The van der Waals surface area contributed by atoms with Gasteiger partial charge in [-0.1, -0.05) is 15.9 Å². The van der Waals surface area contributed by atoms with E-state index in [9.17, 15) is 8.42 Å². The summed E-state index contributed by atoms with van der Waals surface area (Å²) in [6.45, 7) is 0. The molecule has 0 saturated heterocycles. The molecule has 1 aromatic carbocycles. The molecule has 0 radical (unpaired) electrons. The van der Waals surface area contributed by atoms with Gasteiger partial charge in [0, 0.05) is 18.6 Å². The summed E-state index contributed by atoms with van der Waals surface area (Å²) in [5, 5.41) is 6.10. The first-order valence-corrected chi connectivity index (χ1v) is 7.67. The van der Waals surface area contributed by atoms with Gasteiger partial charge < -0.3 is 4.90 Å². The second kappa shape index (κ2) is 5.22. The number of hydrogen-bond donors (Lipinski definition) is 2. The van der Waals surface area contributed by atoms with Crippen LogP contribution in [0, 0.1) is 0 Å². The lowest BCUT2D eigenvalue weighted by molar-refractivity contribution is 0.597. The second-order valence-corrected chi connectivity index (χ2v) is 6.65. The van der Waals surface area contributed by atoms with Crippen LogP contribution in [-0.4, -0.2) is 32.7 Å². The molecule has 0 amide bonds. The van der Waals surface area contributed by atoms with E-state index in [1.807, 2.05) is 31.1 Å². The standard InChI is InChI=1S/C11H13BrN4O2S/c1-16(2)10-4-3-8(12)7-9(10)15-19(17,18)11-5-6-13-14-11/h3-7,15H,1-2H3,(H,13,14). The molecule has 8 heteroatoms. The van der Waals surface area contributed by atoms with Crippen molar-refractivity contribution in [3.05, 3.63) is 34.9 Å². The highest BCUT2D eigenvalue weighted by Gasteiger charge is 2.18. The highest BCUT2D eigenvalue weighted by Crippen LogP contribution is 2.29. The Bertz CT molecular complexity index is 668. The molecule has 0 aliphatic rings. The van der Waals surface area contributed by atoms with Crippen molar-refractivity contribution in [3.63, 3.8) is 0 Å². The fourth-order valence-corrected chi connectivity index (χ4v) is 2.91. The highest BCUT2D eigenvalue weighted by molar-refractivity contribution is 9.10. The maximum atomic E-state index is 12.1. The van der Waals surface area contributed by atoms with Crippen LogP contribution in [0.1, 0.15) is 0 Å². The van der Waals surface area contributed by atoms with E-state index in [1.165, 1.54) is 12.3 Å². The van der Waals surface area contributed by atoms with Crippen LogP contribution < -0.4 is 9.62 Å². The van der Waals surface area contributed by atoms with Crippen LogP contribution in [0.3, 0.4) is 0 Å². The Morgan fingerprint density at radius 2 is 2.05 bits per heavy atom. The van der Waals surface area contributed by atoms with Crippen molar-refractivity contribution in [2.24, 2.45) is 0 Å². The summed E-state index contributed by atoms with van der Waals surface area (Å²) in [6, 6.07) is 6.79. The summed E-state index contributed by atoms with van der Waals surface area (Å²) < 4.78 is 27.6. The first kappa shape index (κ1) is 13.9. The predicted molar refractivity (Wildman–Crippen MR) is 77.9 cm³/mol. The molecule has 6 nitrogen and oxygen atoms in total. The van der Waals surface area contributed by atoms with Crippen LogP contribution in [0.25, 0.3) is 0 Å². The molecule has 0 atom stereocenters. The molecule has 2 rings (SSSR count). The third kappa shape index (κ3) is 3.07. The first-order chi connectivity index (χ1) is 8.90. The number of nitrogens with one attached hydrogen (secondary N) is 2. The number of aromatic amines is 1. The van der Waals surface area contributed by atoms with Gasteiger partial charge in [0.05, 0.1) is 17.6 Å². The van der Waals surface area contributed by atoms with E-state index >= 15 is 0 Å². The largest absolute Gasteiger partial charge is 0.376 e. The Hall–Kier alpha value is -1.54. The smallest absolute Gasteiger partial charge is 0.278 e. The molecule has 102 valence electrons. The molecule has 0 bridgehead atoms. The Morgan fingerprint density at radius 1 is 1.32 bits per heavy atom. The number of aromatic nitrogens is 2. The molecule has 0 aliphatic heterocycles. The summed E-state index contributed by atoms with van der Waals surface area (Å²) in [7, 11) is 0.0306. The SMILES string of the molecule is CN(C)c1ccc(Br)cc1NS(=O)(=O)c1ccn[nH]1. The van der Waals surface area contributed by atoms with Crippen LogP contribution in [0.15, 0.2) is 40.0 Å². The summed E-state index contributed by atoms with van der Waals surface area (Å²) in [5.41, 5.74) is 1.26. The van der Waals surface area contributed by atoms with E-state index in [2.05, 4.69) is 30.8 Å². The van der Waals surface area contributed by atoms with E-state index in [1.54, 1.807) is 6.07 Å². The third-order valence-electron chi connectivity index (χ3n) is 2.45. The van der Waals surface area contributed by atoms with Crippen LogP contribution in [0.2, 0.25) is 0 Å². The average molecular weight is 345 g/mol. The van der Waals surface area contributed by atoms with Crippen molar-refractivity contribution in [1.82, 2.24) is 10.2 Å². The Labute approximate surface area is 120 Å². The third-order valence-corrected chi connectivity index (χ3v) is 4.24. The van der Waals surface area contributed by atoms with Crippen LogP contribution in [0.4, 0.5) is 11.4 Å². The minimum absolute atomic E-state index is 0.0252. The van der Waals surface area contributed by atoms with Gasteiger partial charge in [0.2, 0.25) is 0 Å². The van der Waals surface area contributed by atoms with Gasteiger partial charge in [0.25, 0.3) is 10.0 Å². The highest BCUT2D eigenvalue weighted by atomic mass is 79.9. The molecule has 1 aromatic heterocycles. The monoisotopic (exact) mass is 344 g/mol. The number of H-pyrrole nitrogens is 1. The van der Waals surface area contributed by atoms with Gasteiger partial charge in [-0.25, -0.2) is 0 Å². The lowest BCUT2D eigenvalue weighted by Gasteiger charge is -2.18. The van der Waals surface area contributed by atoms with Gasteiger partial charge in [0.15, 0.2) is 5.03 Å². The van der Waals surface area contributed by atoms with Crippen LogP contribution in [-0.2, 0) is 10.0 Å². The number of hydrogen-bond acceptors (Lipinski definition) is 4. The number of nitrogens with zero attached hydrogens (tertiary/aromatic N) is 2. The molecule has 0 spiro atoms. The summed E-state index contributed by atoms with van der Waals surface area (Å²) in [6.07, 6.45) is 1.39. The Balaban J connectivity index is 2.41. The summed E-state index contributed by atoms with van der Waals surface area (Å²) >= 11 is 3.33. The molecule has 19 heavy (non-hydrogen) atoms. The number of sulfonamides is 1. The molecule has 1 heterocycles. The second-order valence-electron chi connectivity index (χ2n) is 4.08. The number of rotatable bonds is 4. The van der Waals surface area contributed by atoms with Crippen LogP contribution >= 0.6 is 15.9 Å². The van der Waals surface area contributed by atoms with Crippen molar-refractivity contribution in [3.8, 4) is 0 Å². The first-order valence-electron chi connectivity index (χ1n) is 5.39. The maximum Gasteiger partial charge on any atom is 0.278 e. The fraction of sp³-hybridized carbons (Fsp3) is 0.182. The van der Waals surface area contributed by atoms with E-state index in [0.29, 0.717) is 5.69 Å². The van der Waals surface area contributed by atoms with Crippen molar-refractivity contribution < 1.29 is 8.42 Å². The molecule has 2 N–H and O–H groups in total. The van der Waals surface area contributed by atoms with E-state index in [0.717, 1.165) is 10.2 Å². The molecule has 2 aromatic rings. The zero-order chi connectivity index (χ0) is 14.0. The van der Waals surface area contributed by atoms with Crippen molar-refractivity contribution in [2.75, 3.05) is 23.7 Å². The Kier molecular flexibility index (Phi) is 3.81. The Morgan fingerprint density at radius 3 is 2.63 bits per heavy atom. The van der Waals surface area contributed by atoms with Gasteiger partial charge in [-0.3, -0.25) is 9.82 Å². The van der Waals surface area contributed by atoms with Gasteiger partial charge in [-0.2, -0.15) is 13.5 Å². The van der Waals surface area contributed by atoms with E-state index in [-0.39, 0.29) is 5.03 Å². The lowest BCUT2D eigenvalue weighted by atomic mass is 10.2. The van der Waals surface area contributed by atoms with E-state index < -0.39 is 10.0 Å². The molecular weight excluding hydrogens is 332 g/mol. The number of benzene rings is 1. The van der Waals surface area contributed by atoms with Crippen molar-refractivity contribution in [2.45, 2.75) is 5.03 Å². The zero-order valence-corrected chi connectivity index (χ0v) is 12.8. The normalized spacial score (nSPS) is 11.3. The maximum absolute atomic E-state index is 12.1. The van der Waals surface area contributed by atoms with Crippen molar-refractivity contribution >= 4 is 37.3 Å². The summed E-state index contributed by atoms with van der Waals surface area (Å²) in [4.78, 5) is 1.83. The quantitative estimate of drug-likeness (QED) is 0.889. The van der Waals surface area contributed by atoms with E-state index in [4.69, 9.17) is 0 Å². The van der Waals surface area contributed by atoms with Gasteiger partial charge in [0.1, 0.15) is 0 Å². The van der Waals surface area contributed by atoms with Crippen LogP contribution in [0.5, 0.6) is 0 Å². The minimum atomic E-state index is -3.66. The van der Waals surface area contributed by atoms with Gasteiger partial charge >= 0.3 is 0 Å². The van der Waals surface area contributed by atoms with Gasteiger partial charge in [-0.05, 0) is 24.3 Å². The van der Waals surface area contributed by atoms with Crippen molar-refractivity contribution in [1.29, 1.82) is 0 Å². The molecule has 0 saturated carbocycles. The summed E-state index contributed by atoms with van der Waals surface area (Å²) in [5.74, 6) is 0. The van der Waals surface area contributed by atoms with Gasteiger partial charge in [-0.15, -0.1) is 0 Å². The molecule has 0 unspecified atom stereocenters. The number of anilines is 2. The predicted octanol–water partition coefficient (Wildman–Crippen LogP) is 2.04. The topological polar surface area (TPSA) is 78.1 Å². The molecular formula is C11H13BrN4O2S.